The molecule has 4 nitrogen and oxygen atoms in total. The van der Waals surface area contributed by atoms with Crippen molar-refractivity contribution in [2.75, 3.05) is 0 Å². The zero-order valence-corrected chi connectivity index (χ0v) is 10.8. The first kappa shape index (κ1) is 15.9. The summed E-state index contributed by atoms with van der Waals surface area (Å²) in [6, 6.07) is 0. The molecule has 0 rings (SSSR count). The number of carbonyl (C=O) groups is 2. The number of carboxylic acid groups (broad SMARTS) is 2. The molecule has 17 heavy (non-hydrogen) atoms. The second kappa shape index (κ2) is 9.02. The number of aliphatic carboxylic acids is 2. The minimum absolute atomic E-state index is 0.183. The van der Waals surface area contributed by atoms with Crippen LogP contribution in [0, 0.1) is 11.8 Å². The van der Waals surface area contributed by atoms with E-state index in [0.29, 0.717) is 12.8 Å². The van der Waals surface area contributed by atoms with Gasteiger partial charge in [-0.05, 0) is 18.8 Å². The number of hydrogen-bond acceptors (Lipinski definition) is 2. The fourth-order valence-electron chi connectivity index (χ4n) is 2.13. The standard InChI is InChI=1S/C13H24O4/c1-3-7-10(2)11(13(16)17)8-5-4-6-9-12(14)15/h10-11H,3-9H2,1-2H3,(H,14,15)(H,16,17). The highest BCUT2D eigenvalue weighted by Crippen LogP contribution is 2.23. The summed E-state index contributed by atoms with van der Waals surface area (Å²) in [5, 5.41) is 17.6. The fourth-order valence-corrected chi connectivity index (χ4v) is 2.13. The second-order valence-electron chi connectivity index (χ2n) is 4.70. The van der Waals surface area contributed by atoms with Gasteiger partial charge < -0.3 is 10.2 Å². The van der Waals surface area contributed by atoms with Crippen LogP contribution in [0.25, 0.3) is 0 Å². The van der Waals surface area contributed by atoms with E-state index in [4.69, 9.17) is 10.2 Å². The number of carboxylic acids is 2. The van der Waals surface area contributed by atoms with Crippen LogP contribution in [0.4, 0.5) is 0 Å². The van der Waals surface area contributed by atoms with Crippen molar-refractivity contribution in [3.63, 3.8) is 0 Å². The molecule has 0 aliphatic rings. The minimum atomic E-state index is -0.779. The Hall–Kier alpha value is -1.06. The zero-order chi connectivity index (χ0) is 13.3. The van der Waals surface area contributed by atoms with Crippen molar-refractivity contribution in [3.05, 3.63) is 0 Å². The third-order valence-corrected chi connectivity index (χ3v) is 3.15. The van der Waals surface area contributed by atoms with Gasteiger partial charge in [0.15, 0.2) is 0 Å². The van der Waals surface area contributed by atoms with E-state index < -0.39 is 11.9 Å². The lowest BCUT2D eigenvalue weighted by Gasteiger charge is -2.19. The van der Waals surface area contributed by atoms with Crippen molar-refractivity contribution in [2.24, 2.45) is 11.8 Å². The number of rotatable bonds is 10. The largest absolute Gasteiger partial charge is 0.481 e. The van der Waals surface area contributed by atoms with E-state index in [1.54, 1.807) is 0 Å². The van der Waals surface area contributed by atoms with Crippen LogP contribution in [0.2, 0.25) is 0 Å². The van der Waals surface area contributed by atoms with Gasteiger partial charge in [0.25, 0.3) is 0 Å². The number of hydrogen-bond donors (Lipinski definition) is 2. The minimum Gasteiger partial charge on any atom is -0.481 e. The van der Waals surface area contributed by atoms with E-state index in [2.05, 4.69) is 6.92 Å². The molecule has 0 aromatic rings. The van der Waals surface area contributed by atoms with Gasteiger partial charge in [0.05, 0.1) is 5.92 Å². The highest BCUT2D eigenvalue weighted by atomic mass is 16.4. The lowest BCUT2D eigenvalue weighted by atomic mass is 9.86. The van der Waals surface area contributed by atoms with Crippen LogP contribution in [-0.4, -0.2) is 22.2 Å². The summed E-state index contributed by atoms with van der Waals surface area (Å²) in [6.07, 6.45) is 5.03. The van der Waals surface area contributed by atoms with Gasteiger partial charge in [0.2, 0.25) is 0 Å². The van der Waals surface area contributed by atoms with Crippen LogP contribution >= 0.6 is 0 Å². The third-order valence-electron chi connectivity index (χ3n) is 3.15. The van der Waals surface area contributed by atoms with Crippen LogP contribution in [0.3, 0.4) is 0 Å². The molecule has 0 heterocycles. The Bertz CT molecular complexity index is 238. The quantitative estimate of drug-likeness (QED) is 0.579. The molecule has 0 fully saturated rings. The molecule has 0 aromatic heterocycles. The Balaban J connectivity index is 3.85. The fraction of sp³-hybridized carbons (Fsp3) is 0.846. The molecule has 2 unspecified atom stereocenters. The zero-order valence-electron chi connectivity index (χ0n) is 10.8. The van der Waals surface area contributed by atoms with Crippen molar-refractivity contribution < 1.29 is 19.8 Å². The molecule has 0 radical (unpaired) electrons. The Labute approximate surface area is 103 Å². The Morgan fingerprint density at radius 2 is 1.71 bits per heavy atom. The SMILES string of the molecule is CCCC(C)C(CCCCCC(=O)O)C(=O)O. The molecular formula is C13H24O4. The molecule has 4 heteroatoms. The van der Waals surface area contributed by atoms with Gasteiger partial charge in [-0.25, -0.2) is 0 Å². The Morgan fingerprint density at radius 1 is 1.06 bits per heavy atom. The van der Waals surface area contributed by atoms with Crippen LogP contribution in [0.5, 0.6) is 0 Å². The van der Waals surface area contributed by atoms with E-state index in [-0.39, 0.29) is 18.3 Å². The summed E-state index contributed by atoms with van der Waals surface area (Å²) < 4.78 is 0. The van der Waals surface area contributed by atoms with Crippen molar-refractivity contribution >= 4 is 11.9 Å². The van der Waals surface area contributed by atoms with Crippen molar-refractivity contribution in [1.82, 2.24) is 0 Å². The summed E-state index contributed by atoms with van der Waals surface area (Å²) in [5.74, 6) is -1.57. The topological polar surface area (TPSA) is 74.6 Å². The summed E-state index contributed by atoms with van der Waals surface area (Å²) in [7, 11) is 0. The summed E-state index contributed by atoms with van der Waals surface area (Å²) in [6.45, 7) is 4.04. The van der Waals surface area contributed by atoms with Crippen molar-refractivity contribution in [2.45, 2.75) is 58.8 Å². The maximum absolute atomic E-state index is 11.1. The highest BCUT2D eigenvalue weighted by molar-refractivity contribution is 5.70. The van der Waals surface area contributed by atoms with E-state index in [0.717, 1.165) is 25.7 Å². The first-order chi connectivity index (χ1) is 7.99. The van der Waals surface area contributed by atoms with Crippen LogP contribution in [0.1, 0.15) is 58.8 Å². The molecule has 100 valence electrons. The van der Waals surface area contributed by atoms with E-state index >= 15 is 0 Å². The predicted octanol–water partition coefficient (Wildman–Crippen LogP) is 3.16. The lowest BCUT2D eigenvalue weighted by molar-refractivity contribution is -0.144. The third kappa shape index (κ3) is 7.77. The van der Waals surface area contributed by atoms with Gasteiger partial charge >= 0.3 is 11.9 Å². The first-order valence-corrected chi connectivity index (χ1v) is 6.43. The summed E-state index contributed by atoms with van der Waals surface area (Å²) in [5.41, 5.74) is 0. The summed E-state index contributed by atoms with van der Waals surface area (Å²) >= 11 is 0. The van der Waals surface area contributed by atoms with Crippen LogP contribution in [-0.2, 0) is 9.59 Å². The Kier molecular flexibility index (Phi) is 8.46. The van der Waals surface area contributed by atoms with Crippen LogP contribution in [0.15, 0.2) is 0 Å². The number of unbranched alkanes of at least 4 members (excludes halogenated alkanes) is 2. The maximum Gasteiger partial charge on any atom is 0.306 e. The normalized spacial score (nSPS) is 14.2. The van der Waals surface area contributed by atoms with Crippen molar-refractivity contribution in [3.8, 4) is 0 Å². The molecule has 0 spiro atoms. The van der Waals surface area contributed by atoms with Gasteiger partial charge in [0.1, 0.15) is 0 Å². The first-order valence-electron chi connectivity index (χ1n) is 6.43. The van der Waals surface area contributed by atoms with E-state index in [1.807, 2.05) is 6.92 Å². The maximum atomic E-state index is 11.1. The average molecular weight is 244 g/mol. The highest BCUT2D eigenvalue weighted by Gasteiger charge is 2.23. The molecule has 0 saturated carbocycles. The summed E-state index contributed by atoms with van der Waals surface area (Å²) in [4.78, 5) is 21.4. The van der Waals surface area contributed by atoms with Gasteiger partial charge in [-0.1, -0.05) is 39.5 Å². The predicted molar refractivity (Wildman–Crippen MR) is 65.9 cm³/mol. The van der Waals surface area contributed by atoms with Crippen LogP contribution < -0.4 is 0 Å². The Morgan fingerprint density at radius 3 is 2.18 bits per heavy atom. The van der Waals surface area contributed by atoms with E-state index in [9.17, 15) is 9.59 Å². The monoisotopic (exact) mass is 244 g/mol. The van der Waals surface area contributed by atoms with Gasteiger partial charge in [-0.15, -0.1) is 0 Å². The molecule has 0 aliphatic heterocycles. The molecule has 0 aliphatic carbocycles. The molecule has 0 bridgehead atoms. The molecule has 2 atom stereocenters. The van der Waals surface area contributed by atoms with Gasteiger partial charge in [-0.3, -0.25) is 9.59 Å². The second-order valence-corrected chi connectivity index (χ2v) is 4.70. The van der Waals surface area contributed by atoms with Gasteiger partial charge in [-0.2, -0.15) is 0 Å². The molecular weight excluding hydrogens is 220 g/mol. The van der Waals surface area contributed by atoms with Gasteiger partial charge in [0, 0.05) is 6.42 Å². The molecule has 0 saturated heterocycles. The van der Waals surface area contributed by atoms with E-state index in [1.165, 1.54) is 0 Å². The average Bonchev–Trinajstić information content (AvgIpc) is 2.22. The lowest BCUT2D eigenvalue weighted by Crippen LogP contribution is -2.21. The molecule has 0 amide bonds. The smallest absolute Gasteiger partial charge is 0.306 e. The van der Waals surface area contributed by atoms with Crippen molar-refractivity contribution in [1.29, 1.82) is 0 Å². The molecule has 2 N–H and O–H groups in total. The molecule has 0 aromatic carbocycles.